The summed E-state index contributed by atoms with van der Waals surface area (Å²) in [6, 6.07) is 10.3. The minimum absolute atomic E-state index is 1.21. The fourth-order valence-electron chi connectivity index (χ4n) is 2.06. The van der Waals surface area contributed by atoms with Crippen LogP contribution in [0, 0.1) is 0 Å². The summed E-state index contributed by atoms with van der Waals surface area (Å²) in [5.74, 6) is -1.52. The average molecular weight is 311 g/mol. The SMILES string of the molecule is O=C(O)[C@H]1O[C@@H](O)[C@H](O)[C@@H](O)[C@@H]1O.c1ccc2[nH]ccc2c1. The number of carbonyl (C=O) groups is 1. The Morgan fingerprint density at radius 1 is 1.00 bits per heavy atom. The van der Waals surface area contributed by atoms with Crippen LogP contribution in [0.5, 0.6) is 0 Å². The van der Waals surface area contributed by atoms with E-state index in [0.29, 0.717) is 0 Å². The van der Waals surface area contributed by atoms with Crippen molar-refractivity contribution in [1.82, 2.24) is 4.98 Å². The Kier molecular flexibility index (Phi) is 5.11. The lowest BCUT2D eigenvalue weighted by Crippen LogP contribution is -2.59. The van der Waals surface area contributed by atoms with Crippen LogP contribution in [-0.2, 0) is 9.53 Å². The Balaban J connectivity index is 0.000000170. The number of para-hydroxylation sites is 1. The van der Waals surface area contributed by atoms with Crippen LogP contribution in [0.1, 0.15) is 0 Å². The number of aromatic nitrogens is 1. The number of aromatic amines is 1. The zero-order valence-corrected chi connectivity index (χ0v) is 11.4. The third kappa shape index (κ3) is 3.43. The molecule has 2 heterocycles. The van der Waals surface area contributed by atoms with E-state index in [9.17, 15) is 4.79 Å². The number of aliphatic carboxylic acids is 1. The van der Waals surface area contributed by atoms with Gasteiger partial charge in [-0.2, -0.15) is 0 Å². The fraction of sp³-hybridized carbons (Fsp3) is 0.357. The van der Waals surface area contributed by atoms with Crippen molar-refractivity contribution in [3.8, 4) is 0 Å². The summed E-state index contributed by atoms with van der Waals surface area (Å²) in [5, 5.41) is 45.6. The van der Waals surface area contributed by atoms with Crippen molar-refractivity contribution in [2.45, 2.75) is 30.7 Å². The first kappa shape index (κ1) is 16.4. The zero-order valence-electron chi connectivity index (χ0n) is 11.4. The smallest absolute Gasteiger partial charge is 0.335 e. The number of ether oxygens (including phenoxy) is 1. The lowest BCUT2D eigenvalue weighted by molar-refractivity contribution is -0.279. The number of hydrogen-bond donors (Lipinski definition) is 6. The molecule has 3 rings (SSSR count). The molecule has 0 amide bonds. The third-order valence-corrected chi connectivity index (χ3v) is 3.29. The number of aliphatic hydroxyl groups excluding tert-OH is 4. The van der Waals surface area contributed by atoms with E-state index in [0.717, 1.165) is 0 Å². The standard InChI is InChI=1S/C8H7N.C6H10O7/c1-2-4-8-7(3-1)5-6-9-8;7-1-2(8)4(5(10)11)13-6(12)3(1)9/h1-6,9H;1-4,6-9,12H,(H,10,11)/t;1-,2-,3+,4-,6+/m.0/s1. The molecule has 22 heavy (non-hydrogen) atoms. The van der Waals surface area contributed by atoms with Crippen molar-refractivity contribution in [3.63, 3.8) is 0 Å². The molecule has 1 aliphatic heterocycles. The summed E-state index contributed by atoms with van der Waals surface area (Å²) >= 11 is 0. The topological polar surface area (TPSA) is 143 Å². The summed E-state index contributed by atoms with van der Waals surface area (Å²) in [6.07, 6.45) is -6.77. The van der Waals surface area contributed by atoms with Gasteiger partial charge in [0.25, 0.3) is 0 Å². The molecule has 5 atom stereocenters. The third-order valence-electron chi connectivity index (χ3n) is 3.29. The zero-order chi connectivity index (χ0) is 16.3. The van der Waals surface area contributed by atoms with Crippen LogP contribution >= 0.6 is 0 Å². The summed E-state index contributed by atoms with van der Waals surface area (Å²) in [7, 11) is 0. The first-order valence-electron chi connectivity index (χ1n) is 6.54. The lowest BCUT2D eigenvalue weighted by atomic mass is 9.99. The first-order valence-corrected chi connectivity index (χ1v) is 6.54. The molecule has 0 unspecified atom stereocenters. The molecule has 1 aliphatic rings. The minimum atomic E-state index is -1.81. The van der Waals surface area contributed by atoms with Crippen LogP contribution in [0.15, 0.2) is 36.5 Å². The number of rotatable bonds is 1. The molecule has 6 N–H and O–H groups in total. The number of aliphatic hydroxyl groups is 4. The van der Waals surface area contributed by atoms with Crippen molar-refractivity contribution in [1.29, 1.82) is 0 Å². The fourth-order valence-corrected chi connectivity index (χ4v) is 2.06. The summed E-state index contributed by atoms with van der Waals surface area (Å²) < 4.78 is 4.34. The van der Waals surface area contributed by atoms with Gasteiger partial charge in [0, 0.05) is 11.7 Å². The molecule has 1 saturated heterocycles. The number of fused-ring (bicyclic) bond motifs is 1. The van der Waals surface area contributed by atoms with E-state index < -0.39 is 36.7 Å². The van der Waals surface area contributed by atoms with Gasteiger partial charge in [-0.25, -0.2) is 4.79 Å². The predicted octanol–water partition coefficient (Wildman–Crippen LogP) is -0.961. The maximum atomic E-state index is 10.4. The van der Waals surface area contributed by atoms with Gasteiger partial charge >= 0.3 is 5.97 Å². The van der Waals surface area contributed by atoms with Crippen LogP contribution < -0.4 is 0 Å². The molecule has 8 heteroatoms. The molecule has 0 radical (unpaired) electrons. The van der Waals surface area contributed by atoms with Gasteiger partial charge < -0.3 is 35.3 Å². The predicted molar refractivity (Wildman–Crippen MR) is 74.8 cm³/mol. The number of nitrogens with one attached hydrogen (secondary N) is 1. The van der Waals surface area contributed by atoms with Gasteiger partial charge in [0.05, 0.1) is 0 Å². The molecule has 1 aromatic heterocycles. The van der Waals surface area contributed by atoms with Crippen LogP contribution in [-0.4, -0.2) is 67.2 Å². The number of carboxylic acid groups (broad SMARTS) is 1. The van der Waals surface area contributed by atoms with Crippen LogP contribution in [0.25, 0.3) is 10.9 Å². The quantitative estimate of drug-likeness (QED) is 0.398. The van der Waals surface area contributed by atoms with E-state index in [1.807, 2.05) is 18.3 Å². The average Bonchev–Trinajstić information content (AvgIpc) is 2.97. The minimum Gasteiger partial charge on any atom is -0.479 e. The Morgan fingerprint density at radius 3 is 2.32 bits per heavy atom. The molecular formula is C14H17NO7. The van der Waals surface area contributed by atoms with E-state index in [1.165, 1.54) is 10.9 Å². The Labute approximate surface area is 125 Å². The van der Waals surface area contributed by atoms with Gasteiger partial charge in [-0.15, -0.1) is 0 Å². The van der Waals surface area contributed by atoms with Crippen LogP contribution in [0.4, 0.5) is 0 Å². The maximum absolute atomic E-state index is 10.4. The molecular weight excluding hydrogens is 294 g/mol. The highest BCUT2D eigenvalue weighted by Gasteiger charge is 2.46. The second-order valence-electron chi connectivity index (χ2n) is 4.82. The molecule has 1 aromatic carbocycles. The van der Waals surface area contributed by atoms with Crippen LogP contribution in [0.2, 0.25) is 0 Å². The van der Waals surface area contributed by atoms with Crippen molar-refractivity contribution >= 4 is 16.9 Å². The number of H-pyrrole nitrogens is 1. The second-order valence-corrected chi connectivity index (χ2v) is 4.82. The number of hydrogen-bond acceptors (Lipinski definition) is 6. The highest BCUT2D eigenvalue weighted by Crippen LogP contribution is 2.19. The van der Waals surface area contributed by atoms with Gasteiger partial charge in [0.1, 0.15) is 18.3 Å². The molecule has 2 aromatic rings. The molecule has 1 fully saturated rings. The van der Waals surface area contributed by atoms with E-state index in [-0.39, 0.29) is 0 Å². The van der Waals surface area contributed by atoms with E-state index in [1.54, 1.807) is 0 Å². The molecule has 0 aliphatic carbocycles. The highest BCUT2D eigenvalue weighted by atomic mass is 16.6. The summed E-state index contributed by atoms with van der Waals surface area (Å²) in [4.78, 5) is 13.5. The summed E-state index contributed by atoms with van der Waals surface area (Å²) in [5.41, 5.74) is 1.21. The Bertz CT molecular complexity index is 598. The van der Waals surface area contributed by atoms with Crippen LogP contribution in [0.3, 0.4) is 0 Å². The number of carboxylic acids is 1. The van der Waals surface area contributed by atoms with Crippen molar-refractivity contribution in [2.24, 2.45) is 0 Å². The van der Waals surface area contributed by atoms with Gasteiger partial charge in [-0.3, -0.25) is 0 Å². The molecule has 0 bridgehead atoms. The highest BCUT2D eigenvalue weighted by molar-refractivity contribution is 5.78. The molecule has 8 nitrogen and oxygen atoms in total. The normalized spacial score (nSPS) is 31.4. The van der Waals surface area contributed by atoms with Gasteiger partial charge in [0.2, 0.25) is 0 Å². The van der Waals surface area contributed by atoms with Gasteiger partial charge in [-0.1, -0.05) is 18.2 Å². The monoisotopic (exact) mass is 311 g/mol. The summed E-state index contributed by atoms with van der Waals surface area (Å²) in [6.45, 7) is 0. The van der Waals surface area contributed by atoms with Crippen molar-refractivity contribution in [2.75, 3.05) is 0 Å². The van der Waals surface area contributed by atoms with Crippen molar-refractivity contribution < 1.29 is 35.1 Å². The Morgan fingerprint density at radius 2 is 1.68 bits per heavy atom. The van der Waals surface area contributed by atoms with Gasteiger partial charge in [0.15, 0.2) is 12.4 Å². The Hall–Kier alpha value is -1.97. The molecule has 0 saturated carbocycles. The maximum Gasteiger partial charge on any atom is 0.335 e. The van der Waals surface area contributed by atoms with Gasteiger partial charge in [-0.05, 0) is 17.5 Å². The molecule has 120 valence electrons. The second kappa shape index (κ2) is 6.86. The van der Waals surface area contributed by atoms with E-state index >= 15 is 0 Å². The first-order chi connectivity index (χ1) is 10.4. The lowest BCUT2D eigenvalue weighted by Gasteiger charge is -2.36. The largest absolute Gasteiger partial charge is 0.479 e. The van der Waals surface area contributed by atoms with E-state index in [2.05, 4.69) is 27.9 Å². The molecule has 0 spiro atoms. The number of benzene rings is 1. The van der Waals surface area contributed by atoms with E-state index in [4.69, 9.17) is 25.5 Å². The van der Waals surface area contributed by atoms with Crippen molar-refractivity contribution in [3.05, 3.63) is 36.5 Å².